The molecule has 0 spiro atoms. The van der Waals surface area contributed by atoms with Gasteiger partial charge < -0.3 is 19.3 Å². The zero-order valence-electron chi connectivity index (χ0n) is 23.3. The highest BCUT2D eigenvalue weighted by Gasteiger charge is 2.44. The van der Waals surface area contributed by atoms with Crippen molar-refractivity contribution in [2.75, 3.05) is 37.6 Å². The molecular weight excluding hydrogens is 476 g/mol. The van der Waals surface area contributed by atoms with Gasteiger partial charge in [0.2, 0.25) is 5.91 Å². The van der Waals surface area contributed by atoms with Crippen LogP contribution >= 0.6 is 0 Å². The van der Waals surface area contributed by atoms with Crippen LogP contribution in [0.25, 0.3) is 11.1 Å². The third kappa shape index (κ3) is 5.69. The summed E-state index contributed by atoms with van der Waals surface area (Å²) in [6.07, 6.45) is 4.29. The molecule has 4 atom stereocenters. The van der Waals surface area contributed by atoms with E-state index < -0.39 is 12.5 Å². The fourth-order valence-corrected chi connectivity index (χ4v) is 5.78. The molecule has 6 nitrogen and oxygen atoms in total. The second-order valence-corrected chi connectivity index (χ2v) is 10.5. The first-order chi connectivity index (χ1) is 18.8. The van der Waals surface area contributed by atoms with Crippen LogP contribution in [0.1, 0.15) is 32.6 Å². The summed E-state index contributed by atoms with van der Waals surface area (Å²) in [5.74, 6) is 0.908. The molecule has 38 heavy (non-hydrogen) atoms. The topological polar surface area (TPSA) is 59.1 Å². The van der Waals surface area contributed by atoms with E-state index in [0.717, 1.165) is 41.6 Å². The number of esters is 1. The molecule has 1 amide bonds. The number of carbonyl (C=O) groups excluding carboxylic acids is 2. The molecule has 2 aliphatic rings. The number of ether oxygens (including phenoxy) is 2. The average Bonchev–Trinajstić information content (AvgIpc) is 3.60. The Bertz CT molecular complexity index is 1310. The number of hydrogen-bond donors (Lipinski definition) is 0. The van der Waals surface area contributed by atoms with Gasteiger partial charge in [-0.2, -0.15) is 0 Å². The van der Waals surface area contributed by atoms with Crippen LogP contribution < -0.4 is 14.5 Å². The van der Waals surface area contributed by atoms with Crippen LogP contribution in [0.4, 0.5) is 11.4 Å². The Kier molecular flexibility index (Phi) is 7.29. The molecule has 3 aromatic carbocycles. The van der Waals surface area contributed by atoms with Gasteiger partial charge in [-0.1, -0.05) is 48.9 Å². The number of hydrogen-bond acceptors (Lipinski definition) is 5. The lowest BCUT2D eigenvalue weighted by Gasteiger charge is -2.30. The minimum atomic E-state index is -0.919. The van der Waals surface area contributed by atoms with E-state index in [1.165, 1.54) is 13.5 Å². The summed E-state index contributed by atoms with van der Waals surface area (Å²) in [4.78, 5) is 29.3. The number of amides is 1. The van der Waals surface area contributed by atoms with Crippen molar-refractivity contribution in [2.24, 2.45) is 17.8 Å². The summed E-state index contributed by atoms with van der Waals surface area (Å²) in [6, 6.07) is 23.3. The van der Waals surface area contributed by atoms with Crippen molar-refractivity contribution in [1.82, 2.24) is 0 Å². The normalized spacial score (nSPS) is 20.9. The maximum absolute atomic E-state index is 14.0. The maximum Gasteiger partial charge on any atom is 0.343 e. The molecule has 0 saturated heterocycles. The summed E-state index contributed by atoms with van der Waals surface area (Å²) in [5, 5.41) is 0. The molecule has 2 saturated carbocycles. The molecule has 0 aromatic heterocycles. The van der Waals surface area contributed by atoms with Crippen molar-refractivity contribution < 1.29 is 20.4 Å². The molecule has 5 rings (SSSR count). The molecule has 0 radical (unpaired) electrons. The summed E-state index contributed by atoms with van der Waals surface area (Å²) in [7, 11) is 5.35. The van der Waals surface area contributed by atoms with E-state index in [2.05, 4.69) is 33.9 Å². The highest BCUT2D eigenvalue weighted by molar-refractivity contribution is 5.95. The van der Waals surface area contributed by atoms with Crippen LogP contribution in [0.3, 0.4) is 0 Å². The molecule has 2 bridgehead atoms. The van der Waals surface area contributed by atoms with Gasteiger partial charge in [-0.25, -0.2) is 4.79 Å². The Labute approximate surface area is 226 Å². The highest BCUT2D eigenvalue weighted by atomic mass is 16.6. The van der Waals surface area contributed by atoms with Crippen LogP contribution in [-0.2, 0) is 20.8 Å². The van der Waals surface area contributed by atoms with E-state index in [0.29, 0.717) is 23.3 Å². The molecule has 0 aliphatic heterocycles. The van der Waals surface area contributed by atoms with E-state index in [1.54, 1.807) is 23.1 Å². The highest BCUT2D eigenvalue weighted by Crippen LogP contribution is 2.49. The number of benzene rings is 3. The predicted molar refractivity (Wildman–Crippen MR) is 150 cm³/mol. The Morgan fingerprint density at radius 2 is 1.63 bits per heavy atom. The first kappa shape index (κ1) is 24.5. The molecule has 0 N–H and O–H groups in total. The molecule has 2 fully saturated rings. The summed E-state index contributed by atoms with van der Waals surface area (Å²) in [6.45, 7) is -1.14. The third-order valence-corrected chi connectivity index (χ3v) is 7.88. The van der Waals surface area contributed by atoms with Gasteiger partial charge in [0, 0.05) is 37.5 Å². The summed E-state index contributed by atoms with van der Waals surface area (Å²) >= 11 is 0. The lowest BCUT2D eigenvalue weighted by atomic mass is 9.87. The first-order valence-corrected chi connectivity index (χ1v) is 13.3. The zero-order valence-corrected chi connectivity index (χ0v) is 22.3. The van der Waals surface area contributed by atoms with Gasteiger partial charge in [0.25, 0.3) is 0 Å². The van der Waals surface area contributed by atoms with Gasteiger partial charge in [0.1, 0.15) is 5.75 Å². The fraction of sp³-hybridized carbons (Fsp3) is 0.375. The van der Waals surface area contributed by atoms with Crippen molar-refractivity contribution in [3.63, 3.8) is 0 Å². The molecule has 2 aliphatic carbocycles. The number of methoxy groups -OCH3 is 1. The lowest BCUT2D eigenvalue weighted by Crippen LogP contribution is -2.38. The minimum absolute atomic E-state index is 0.00401. The second-order valence-electron chi connectivity index (χ2n) is 10.5. The second kappa shape index (κ2) is 11.3. The van der Waals surface area contributed by atoms with Gasteiger partial charge in [-0.15, -0.1) is 0 Å². The van der Waals surface area contributed by atoms with Crippen LogP contribution in [0.2, 0.25) is 0 Å². The molecule has 6 heteroatoms. The zero-order chi connectivity index (χ0) is 27.5. The van der Waals surface area contributed by atoms with E-state index in [1.807, 2.05) is 44.4 Å². The maximum atomic E-state index is 14.0. The Morgan fingerprint density at radius 3 is 2.24 bits per heavy atom. The Morgan fingerprint density at radius 1 is 0.921 bits per heavy atom. The standard InChI is InChI=1S/C32H36N2O4/c1-33(2)27-15-13-25(14-16-27)24-10-7-22(8-11-24)20-34(32(36)30-18-23-9-12-26(30)17-23)28-5-4-6-29(19-28)38-21-31(35)37-3/h4-8,10-11,13-16,19,23,26,30H,9,12,17-18,20-21H2,1-3H3/i20D/t20-,23?,26?,30?/m1/s1. The summed E-state index contributed by atoms with van der Waals surface area (Å²) in [5.41, 5.74) is 4.61. The number of rotatable bonds is 9. The van der Waals surface area contributed by atoms with Gasteiger partial charge in [-0.05, 0) is 72.1 Å². The van der Waals surface area contributed by atoms with Gasteiger partial charge in [0.05, 0.1) is 15.0 Å². The number of anilines is 2. The average molecular weight is 514 g/mol. The van der Waals surface area contributed by atoms with Crippen LogP contribution in [-0.4, -0.2) is 39.7 Å². The van der Waals surface area contributed by atoms with E-state index >= 15 is 0 Å². The molecule has 198 valence electrons. The van der Waals surface area contributed by atoms with Crippen LogP contribution in [0.15, 0.2) is 72.8 Å². The van der Waals surface area contributed by atoms with Crippen molar-refractivity contribution >= 4 is 23.3 Å². The van der Waals surface area contributed by atoms with Crippen molar-refractivity contribution in [2.45, 2.75) is 32.2 Å². The van der Waals surface area contributed by atoms with Gasteiger partial charge in [0.15, 0.2) is 6.61 Å². The van der Waals surface area contributed by atoms with Crippen LogP contribution in [0.5, 0.6) is 5.75 Å². The minimum Gasteiger partial charge on any atom is -0.482 e. The first-order valence-electron chi connectivity index (χ1n) is 13.8. The fourth-order valence-electron chi connectivity index (χ4n) is 5.78. The largest absolute Gasteiger partial charge is 0.482 e. The van der Waals surface area contributed by atoms with Gasteiger partial charge >= 0.3 is 5.97 Å². The van der Waals surface area contributed by atoms with Gasteiger partial charge in [-0.3, -0.25) is 4.79 Å². The third-order valence-electron chi connectivity index (χ3n) is 7.88. The van der Waals surface area contributed by atoms with Crippen molar-refractivity contribution in [3.8, 4) is 16.9 Å². The van der Waals surface area contributed by atoms with E-state index in [9.17, 15) is 11.0 Å². The van der Waals surface area contributed by atoms with E-state index in [4.69, 9.17) is 4.74 Å². The molecule has 0 heterocycles. The van der Waals surface area contributed by atoms with E-state index in [-0.39, 0.29) is 18.4 Å². The molecular formula is C32H36N2O4. The molecule has 3 unspecified atom stereocenters. The van der Waals surface area contributed by atoms with Crippen molar-refractivity contribution in [3.05, 3.63) is 78.4 Å². The Balaban J connectivity index is 1.42. The summed E-state index contributed by atoms with van der Waals surface area (Å²) < 4.78 is 19.5. The lowest BCUT2D eigenvalue weighted by molar-refractivity contribution is -0.142. The smallest absolute Gasteiger partial charge is 0.343 e. The number of nitrogens with zero attached hydrogens (tertiary/aromatic N) is 2. The molecule has 3 aromatic rings. The monoisotopic (exact) mass is 513 g/mol. The number of fused-ring (bicyclic) bond motifs is 2. The quantitative estimate of drug-likeness (QED) is 0.332. The Hall–Kier alpha value is -3.80. The van der Waals surface area contributed by atoms with Crippen molar-refractivity contribution in [1.29, 1.82) is 0 Å². The SMILES string of the molecule is [2H][C@H](c1ccc(-c2ccc(N(C)C)cc2)cc1)N(C(=O)C1CC2CCC1C2)c1cccc(OCC(=O)OC)c1. The predicted octanol–water partition coefficient (Wildman–Crippen LogP) is 5.94. The van der Waals surface area contributed by atoms with Crippen LogP contribution in [0, 0.1) is 17.8 Å². The number of carbonyl (C=O) groups is 2.